The van der Waals surface area contributed by atoms with E-state index in [0.717, 1.165) is 6.54 Å². The molecular formula is C18H29NO4. The summed E-state index contributed by atoms with van der Waals surface area (Å²) in [5, 5.41) is 0. The van der Waals surface area contributed by atoms with Gasteiger partial charge in [0, 0.05) is 12.1 Å². The highest BCUT2D eigenvalue weighted by Gasteiger charge is 2.16. The van der Waals surface area contributed by atoms with E-state index in [0.29, 0.717) is 12.1 Å². The highest BCUT2D eigenvalue weighted by Crippen LogP contribution is 2.10. The Hall–Kier alpha value is -1.88. The van der Waals surface area contributed by atoms with E-state index in [-0.39, 0.29) is 11.1 Å². The van der Waals surface area contributed by atoms with Gasteiger partial charge in [-0.05, 0) is 46.4 Å². The predicted molar refractivity (Wildman–Crippen MR) is 91.8 cm³/mol. The molecule has 0 aliphatic carbocycles. The molecule has 0 amide bonds. The van der Waals surface area contributed by atoms with Gasteiger partial charge >= 0.3 is 11.9 Å². The first-order valence-corrected chi connectivity index (χ1v) is 7.81. The van der Waals surface area contributed by atoms with Crippen LogP contribution in [0, 0.1) is 0 Å². The number of rotatable bonds is 5. The highest BCUT2D eigenvalue weighted by atomic mass is 16.5. The molecule has 130 valence electrons. The summed E-state index contributed by atoms with van der Waals surface area (Å²) in [6.07, 6.45) is 0. The number of hydrogen-bond donors (Lipinski definition) is 0. The van der Waals surface area contributed by atoms with Crippen LogP contribution in [-0.4, -0.2) is 49.7 Å². The van der Waals surface area contributed by atoms with Crippen LogP contribution in [0.25, 0.3) is 0 Å². The van der Waals surface area contributed by atoms with Crippen molar-refractivity contribution in [3.8, 4) is 0 Å². The van der Waals surface area contributed by atoms with E-state index in [4.69, 9.17) is 0 Å². The molecule has 0 aromatic heterocycles. The Morgan fingerprint density at radius 2 is 1.26 bits per heavy atom. The van der Waals surface area contributed by atoms with Crippen molar-refractivity contribution in [2.24, 2.45) is 0 Å². The predicted octanol–water partition coefficient (Wildman–Crippen LogP) is 3.38. The maximum Gasteiger partial charge on any atom is 0.338 e. The minimum Gasteiger partial charge on any atom is -0.465 e. The Bertz CT molecular complexity index is 455. The number of benzene rings is 1. The fourth-order valence-corrected chi connectivity index (χ4v) is 2.39. The van der Waals surface area contributed by atoms with Crippen molar-refractivity contribution in [3.05, 3.63) is 35.4 Å². The van der Waals surface area contributed by atoms with E-state index in [1.807, 2.05) is 0 Å². The lowest BCUT2D eigenvalue weighted by Crippen LogP contribution is -2.36. The molecule has 5 nitrogen and oxygen atoms in total. The van der Waals surface area contributed by atoms with Crippen LogP contribution in [0.4, 0.5) is 0 Å². The van der Waals surface area contributed by atoms with Crippen LogP contribution in [0.2, 0.25) is 0 Å². The first-order valence-electron chi connectivity index (χ1n) is 7.81. The lowest BCUT2D eigenvalue weighted by Gasteiger charge is -2.28. The van der Waals surface area contributed by atoms with Gasteiger partial charge in [-0.25, -0.2) is 9.59 Å². The first-order chi connectivity index (χ1) is 10.8. The first kappa shape index (κ1) is 21.1. The third-order valence-corrected chi connectivity index (χ3v) is 3.43. The van der Waals surface area contributed by atoms with E-state index < -0.39 is 11.9 Å². The van der Waals surface area contributed by atoms with Crippen molar-refractivity contribution in [2.75, 3.05) is 20.8 Å². The Morgan fingerprint density at radius 3 is 1.43 bits per heavy atom. The summed E-state index contributed by atoms with van der Waals surface area (Å²) in [4.78, 5) is 24.9. The zero-order chi connectivity index (χ0) is 18.0. The average molecular weight is 323 g/mol. The monoisotopic (exact) mass is 323 g/mol. The fraction of sp³-hybridized carbons (Fsp3) is 0.556. The summed E-state index contributed by atoms with van der Waals surface area (Å²) < 4.78 is 9.05. The second-order valence-corrected chi connectivity index (χ2v) is 5.55. The summed E-state index contributed by atoms with van der Waals surface area (Å²) in [5.74, 6) is -1.10. The van der Waals surface area contributed by atoms with Crippen LogP contribution in [0.3, 0.4) is 0 Å². The van der Waals surface area contributed by atoms with Gasteiger partial charge < -0.3 is 9.47 Å². The number of nitrogens with zero attached hydrogens (tertiary/aromatic N) is 1. The van der Waals surface area contributed by atoms with Crippen LogP contribution in [-0.2, 0) is 9.47 Å². The van der Waals surface area contributed by atoms with E-state index >= 15 is 0 Å². The molecule has 0 aliphatic rings. The molecule has 1 aromatic rings. The van der Waals surface area contributed by atoms with Crippen molar-refractivity contribution in [1.29, 1.82) is 0 Å². The second kappa shape index (κ2) is 10.8. The minimum atomic E-state index is -0.550. The molecule has 0 saturated heterocycles. The highest BCUT2D eigenvalue weighted by molar-refractivity contribution is 6.02. The quantitative estimate of drug-likeness (QED) is 0.778. The Labute approximate surface area is 139 Å². The topological polar surface area (TPSA) is 55.8 Å². The van der Waals surface area contributed by atoms with Gasteiger partial charge in [-0.1, -0.05) is 19.1 Å². The SMILES string of the molecule is CCN(C(C)C)C(C)C.COC(=O)c1ccccc1C(=O)OC. The third-order valence-electron chi connectivity index (χ3n) is 3.43. The molecule has 1 rings (SSSR count). The van der Waals surface area contributed by atoms with Gasteiger partial charge in [0.1, 0.15) is 0 Å². The summed E-state index contributed by atoms with van der Waals surface area (Å²) in [5.41, 5.74) is 0.420. The molecule has 0 spiro atoms. The number of carbonyl (C=O) groups excluding carboxylic acids is 2. The molecule has 1 aromatic carbocycles. The van der Waals surface area contributed by atoms with Gasteiger partial charge in [0.25, 0.3) is 0 Å². The van der Waals surface area contributed by atoms with Gasteiger partial charge in [-0.3, -0.25) is 4.90 Å². The van der Waals surface area contributed by atoms with Crippen molar-refractivity contribution in [3.63, 3.8) is 0 Å². The summed E-state index contributed by atoms with van der Waals surface area (Å²) >= 11 is 0. The molecule has 23 heavy (non-hydrogen) atoms. The normalized spacial score (nSPS) is 10.3. The lowest BCUT2D eigenvalue weighted by atomic mass is 10.1. The maximum absolute atomic E-state index is 11.2. The maximum atomic E-state index is 11.2. The van der Waals surface area contributed by atoms with E-state index in [9.17, 15) is 9.59 Å². The molecule has 0 radical (unpaired) electrons. The average Bonchev–Trinajstić information content (AvgIpc) is 2.53. The van der Waals surface area contributed by atoms with E-state index in [2.05, 4.69) is 49.0 Å². The molecule has 0 saturated carbocycles. The number of ether oxygens (including phenoxy) is 2. The van der Waals surface area contributed by atoms with E-state index in [1.54, 1.807) is 12.1 Å². The number of hydrogen-bond acceptors (Lipinski definition) is 5. The number of methoxy groups -OCH3 is 2. The summed E-state index contributed by atoms with van der Waals surface area (Å²) in [6, 6.07) is 7.71. The van der Waals surface area contributed by atoms with Crippen molar-refractivity contribution in [2.45, 2.75) is 46.7 Å². The second-order valence-electron chi connectivity index (χ2n) is 5.55. The van der Waals surface area contributed by atoms with Gasteiger partial charge in [-0.15, -0.1) is 0 Å². The summed E-state index contributed by atoms with van der Waals surface area (Å²) in [6.45, 7) is 12.3. The molecule has 5 heteroatoms. The van der Waals surface area contributed by atoms with Crippen molar-refractivity contribution < 1.29 is 19.1 Å². The van der Waals surface area contributed by atoms with Gasteiger partial charge in [0.15, 0.2) is 0 Å². The number of carbonyl (C=O) groups is 2. The smallest absolute Gasteiger partial charge is 0.338 e. The molecule has 0 aliphatic heterocycles. The Morgan fingerprint density at radius 1 is 0.913 bits per heavy atom. The third kappa shape index (κ3) is 6.82. The van der Waals surface area contributed by atoms with Crippen LogP contribution < -0.4 is 0 Å². The zero-order valence-corrected chi connectivity index (χ0v) is 15.3. The molecular weight excluding hydrogens is 294 g/mol. The Kier molecular flexibility index (Phi) is 9.90. The van der Waals surface area contributed by atoms with Crippen molar-refractivity contribution in [1.82, 2.24) is 4.90 Å². The fourth-order valence-electron chi connectivity index (χ4n) is 2.39. The van der Waals surface area contributed by atoms with Crippen LogP contribution >= 0.6 is 0 Å². The van der Waals surface area contributed by atoms with Crippen molar-refractivity contribution >= 4 is 11.9 Å². The van der Waals surface area contributed by atoms with Crippen LogP contribution in [0.5, 0.6) is 0 Å². The van der Waals surface area contributed by atoms with Gasteiger partial charge in [0.2, 0.25) is 0 Å². The van der Waals surface area contributed by atoms with Crippen LogP contribution in [0.15, 0.2) is 24.3 Å². The lowest BCUT2D eigenvalue weighted by molar-refractivity contribution is 0.0555. The molecule has 0 N–H and O–H groups in total. The Balaban J connectivity index is 0.000000468. The van der Waals surface area contributed by atoms with Gasteiger partial charge in [0.05, 0.1) is 25.3 Å². The minimum absolute atomic E-state index is 0.210. The standard InChI is InChI=1S/C10H10O4.C8H19N/c1-13-9(11)7-5-3-4-6-8(7)10(12)14-2;1-6-9(7(2)3)8(4)5/h3-6H,1-2H3;7-8H,6H2,1-5H3. The molecule has 0 bridgehead atoms. The number of esters is 2. The van der Waals surface area contributed by atoms with Gasteiger partial charge in [-0.2, -0.15) is 0 Å². The summed E-state index contributed by atoms with van der Waals surface area (Å²) in [7, 11) is 2.52. The molecule has 0 fully saturated rings. The zero-order valence-electron chi connectivity index (χ0n) is 15.3. The molecule has 0 heterocycles. The molecule has 0 atom stereocenters. The van der Waals surface area contributed by atoms with E-state index in [1.165, 1.54) is 26.4 Å². The van der Waals surface area contributed by atoms with Crippen LogP contribution in [0.1, 0.15) is 55.3 Å². The largest absolute Gasteiger partial charge is 0.465 e. The molecule has 0 unspecified atom stereocenters.